The largest absolute Gasteiger partial charge is 0.606 e. The summed E-state index contributed by atoms with van der Waals surface area (Å²) in [5.41, 5.74) is 1.69. The molecule has 1 aliphatic heterocycles. The van der Waals surface area contributed by atoms with Gasteiger partial charge in [-0.25, -0.2) is 0 Å². The van der Waals surface area contributed by atoms with Crippen LogP contribution in [0.4, 0.5) is 0 Å². The number of hydrogen-bond acceptors (Lipinski definition) is 5. The molecule has 0 bridgehead atoms. The number of hydrogen-bond donors (Lipinski definition) is 0. The van der Waals surface area contributed by atoms with Gasteiger partial charge in [0.15, 0.2) is 21.4 Å². The van der Waals surface area contributed by atoms with Crippen LogP contribution >= 0.6 is 0 Å². The van der Waals surface area contributed by atoms with Crippen molar-refractivity contribution in [3.8, 4) is 0 Å². The molecule has 0 N–H and O–H groups in total. The van der Waals surface area contributed by atoms with Gasteiger partial charge in [-0.05, 0) is 92.3 Å². The van der Waals surface area contributed by atoms with Crippen molar-refractivity contribution < 1.29 is 14.1 Å². The van der Waals surface area contributed by atoms with Crippen molar-refractivity contribution in [1.29, 1.82) is 0 Å². The number of nitrogens with zero attached hydrogens (tertiary/aromatic N) is 2. The van der Waals surface area contributed by atoms with Crippen LogP contribution in [-0.4, -0.2) is 65.2 Å². The fourth-order valence-electron chi connectivity index (χ4n) is 3.52. The van der Waals surface area contributed by atoms with Gasteiger partial charge in [0.1, 0.15) is 0 Å². The molecule has 0 fully saturated rings. The molecule has 0 radical (unpaired) electrons. The second-order valence-electron chi connectivity index (χ2n) is 9.66. The monoisotopic (exact) mass is 440 g/mol. The Morgan fingerprint density at radius 2 is 1.13 bits per heavy atom. The summed E-state index contributed by atoms with van der Waals surface area (Å²) in [6.07, 6.45) is 0.545. The van der Waals surface area contributed by atoms with Crippen molar-refractivity contribution in [3.63, 3.8) is 0 Å². The highest BCUT2D eigenvalue weighted by atomic mass is 32.2. The fraction of sp³-hybridized carbons (Fsp3) is 0.440. The van der Waals surface area contributed by atoms with Crippen molar-refractivity contribution in [2.75, 3.05) is 28.2 Å². The van der Waals surface area contributed by atoms with E-state index in [9.17, 15) is 14.1 Å². The van der Waals surface area contributed by atoms with Gasteiger partial charge < -0.3 is 4.55 Å². The smallest absolute Gasteiger partial charge is 0.182 e. The number of Topliss-reactive ketones (excluding diaryl/α,β-unsaturated/α-hetero) is 2. The number of ketones is 2. The van der Waals surface area contributed by atoms with E-state index in [0.717, 1.165) is 20.9 Å². The van der Waals surface area contributed by atoms with Crippen LogP contribution < -0.4 is 0 Å². The Morgan fingerprint density at radius 1 is 0.774 bits per heavy atom. The molecule has 0 saturated carbocycles. The van der Waals surface area contributed by atoms with Gasteiger partial charge in [-0.1, -0.05) is 0 Å². The van der Waals surface area contributed by atoms with Crippen LogP contribution in [0.1, 0.15) is 59.5 Å². The van der Waals surface area contributed by atoms with Gasteiger partial charge >= 0.3 is 0 Å². The highest BCUT2D eigenvalue weighted by Crippen LogP contribution is 2.36. The molecule has 166 valence electrons. The van der Waals surface area contributed by atoms with Gasteiger partial charge in [-0.15, -0.1) is 0 Å². The summed E-state index contributed by atoms with van der Waals surface area (Å²) in [5, 5.41) is 0. The molecule has 3 rings (SSSR count). The minimum absolute atomic E-state index is 0.0218. The SMILES string of the molecule is CN(C)C(C)(C)C(=O)c1ccc2c(c1)Cc1cc(C(=O)C(C)(C)N(C)C)ccc1[S+]2[O-]. The van der Waals surface area contributed by atoms with Crippen molar-refractivity contribution in [1.82, 2.24) is 9.80 Å². The number of carbonyl (C=O) groups excluding carboxylic acids is 2. The Morgan fingerprint density at radius 3 is 1.45 bits per heavy atom. The van der Waals surface area contributed by atoms with Gasteiger partial charge in [0, 0.05) is 39.9 Å². The lowest BCUT2D eigenvalue weighted by Gasteiger charge is -2.32. The number of carbonyl (C=O) groups is 2. The average molecular weight is 441 g/mol. The van der Waals surface area contributed by atoms with Gasteiger partial charge in [-0.3, -0.25) is 19.4 Å². The molecule has 2 aromatic carbocycles. The molecule has 0 amide bonds. The van der Waals surface area contributed by atoms with Gasteiger partial charge in [0.2, 0.25) is 0 Å². The van der Waals surface area contributed by atoms with E-state index < -0.39 is 22.3 Å². The second-order valence-corrected chi connectivity index (χ2v) is 11.1. The fourth-order valence-corrected chi connectivity index (χ4v) is 4.87. The van der Waals surface area contributed by atoms with Crippen LogP contribution in [0.25, 0.3) is 0 Å². The van der Waals surface area contributed by atoms with E-state index in [1.54, 1.807) is 12.1 Å². The highest BCUT2D eigenvalue weighted by molar-refractivity contribution is 7.91. The zero-order valence-corrected chi connectivity index (χ0v) is 20.5. The Labute approximate surface area is 188 Å². The number of likely N-dealkylation sites (N-methyl/N-ethyl adjacent to an activating group) is 2. The minimum atomic E-state index is -1.34. The average Bonchev–Trinajstić information content (AvgIpc) is 2.71. The van der Waals surface area contributed by atoms with E-state index in [0.29, 0.717) is 17.5 Å². The molecule has 0 unspecified atom stereocenters. The maximum atomic E-state index is 13.2. The maximum absolute atomic E-state index is 13.2. The van der Waals surface area contributed by atoms with E-state index in [-0.39, 0.29) is 11.6 Å². The van der Waals surface area contributed by atoms with E-state index in [2.05, 4.69) is 0 Å². The first kappa shape index (κ1) is 23.7. The van der Waals surface area contributed by atoms with Gasteiger partial charge in [0.05, 0.1) is 11.1 Å². The first-order valence-electron chi connectivity index (χ1n) is 10.4. The van der Waals surface area contributed by atoms with Crippen LogP contribution in [0.5, 0.6) is 0 Å². The quantitative estimate of drug-likeness (QED) is 0.505. The van der Waals surface area contributed by atoms with Crippen LogP contribution in [0.2, 0.25) is 0 Å². The molecule has 0 aliphatic carbocycles. The predicted octanol–water partition coefficient (Wildman–Crippen LogP) is 3.80. The molecule has 0 aromatic heterocycles. The van der Waals surface area contributed by atoms with Crippen LogP contribution in [-0.2, 0) is 17.6 Å². The van der Waals surface area contributed by atoms with Crippen molar-refractivity contribution in [2.45, 2.75) is 55.0 Å². The summed E-state index contributed by atoms with van der Waals surface area (Å²) in [7, 11) is 7.54. The summed E-state index contributed by atoms with van der Waals surface area (Å²) in [6.45, 7) is 7.58. The summed E-state index contributed by atoms with van der Waals surface area (Å²) in [6, 6.07) is 10.9. The Hall–Kier alpha value is -1.99. The molecule has 31 heavy (non-hydrogen) atoms. The molecule has 1 aliphatic rings. The molecule has 0 saturated heterocycles. The number of fused-ring (bicyclic) bond motifs is 2. The summed E-state index contributed by atoms with van der Waals surface area (Å²) >= 11 is -1.34. The predicted molar refractivity (Wildman–Crippen MR) is 125 cm³/mol. The summed E-state index contributed by atoms with van der Waals surface area (Å²) < 4.78 is 13.2. The van der Waals surface area contributed by atoms with E-state index in [1.807, 2.05) is 90.0 Å². The number of benzene rings is 2. The second kappa shape index (κ2) is 8.17. The molecule has 5 nitrogen and oxygen atoms in total. The van der Waals surface area contributed by atoms with E-state index in [1.165, 1.54) is 0 Å². The third kappa shape index (κ3) is 4.10. The minimum Gasteiger partial charge on any atom is -0.606 e. The third-order valence-corrected chi connectivity index (χ3v) is 8.37. The lowest BCUT2D eigenvalue weighted by atomic mass is 9.89. The maximum Gasteiger partial charge on any atom is 0.182 e. The standard InChI is InChI=1S/C25H32N2O3S/c1-24(2,26(5)6)22(28)16-9-11-20-18(13-16)15-19-14-17(10-12-21(19)31(20)30)23(29)25(3,4)27(7)8/h9-14H,15H2,1-8H3. The van der Waals surface area contributed by atoms with Crippen LogP contribution in [0, 0.1) is 0 Å². The zero-order chi connectivity index (χ0) is 23.3. The molecule has 2 aromatic rings. The van der Waals surface area contributed by atoms with Crippen molar-refractivity contribution in [3.05, 3.63) is 58.7 Å². The third-order valence-electron chi connectivity index (χ3n) is 6.77. The molecule has 1 heterocycles. The molecular weight excluding hydrogens is 408 g/mol. The molecule has 0 atom stereocenters. The summed E-state index contributed by atoms with van der Waals surface area (Å²) in [4.78, 5) is 31.4. The summed E-state index contributed by atoms with van der Waals surface area (Å²) in [5.74, 6) is 0.0436. The van der Waals surface area contributed by atoms with Gasteiger partial charge in [-0.2, -0.15) is 0 Å². The van der Waals surface area contributed by atoms with E-state index >= 15 is 0 Å². The first-order valence-corrected chi connectivity index (χ1v) is 11.6. The van der Waals surface area contributed by atoms with Crippen LogP contribution in [0.15, 0.2) is 46.2 Å². The van der Waals surface area contributed by atoms with Crippen molar-refractivity contribution in [2.24, 2.45) is 0 Å². The molecule has 6 heteroatoms. The Kier molecular flexibility index (Phi) is 6.24. The Bertz CT molecular complexity index is 960. The zero-order valence-electron chi connectivity index (χ0n) is 19.7. The number of rotatable bonds is 6. The Balaban J connectivity index is 1.99. The van der Waals surface area contributed by atoms with Crippen LogP contribution in [0.3, 0.4) is 0 Å². The first-order chi connectivity index (χ1) is 14.3. The molecular formula is C25H32N2O3S. The normalized spacial score (nSPS) is 14.5. The topological polar surface area (TPSA) is 63.7 Å². The van der Waals surface area contributed by atoms with E-state index in [4.69, 9.17) is 0 Å². The lowest BCUT2D eigenvalue weighted by molar-refractivity contribution is 0.0750. The van der Waals surface area contributed by atoms with Gasteiger partial charge in [0.25, 0.3) is 0 Å². The lowest BCUT2D eigenvalue weighted by Crippen LogP contribution is -2.45. The molecule has 0 spiro atoms. The highest BCUT2D eigenvalue weighted by Gasteiger charge is 2.35. The van der Waals surface area contributed by atoms with Crippen molar-refractivity contribution >= 4 is 22.7 Å².